The fraction of sp³-hybridized carbons (Fsp3) is 0.250. The van der Waals surface area contributed by atoms with Gasteiger partial charge in [0.1, 0.15) is 5.69 Å². The molecular formula is C16H13F3N2O. The molecule has 0 bridgehead atoms. The number of benzene rings is 1. The van der Waals surface area contributed by atoms with Crippen LogP contribution in [0.15, 0.2) is 36.5 Å². The number of anilines is 1. The maximum Gasteiger partial charge on any atom is 0.433 e. The number of alkyl halides is 3. The molecule has 3 nitrogen and oxygen atoms in total. The van der Waals surface area contributed by atoms with E-state index in [1.165, 1.54) is 11.1 Å². The number of fused-ring (bicyclic) bond motifs is 1. The number of halogens is 3. The second kappa shape index (κ2) is 5.44. The molecule has 0 fully saturated rings. The first-order valence-electron chi connectivity index (χ1n) is 6.90. The first-order valence-corrected chi connectivity index (χ1v) is 6.90. The normalized spacial score (nSPS) is 13.8. The van der Waals surface area contributed by atoms with Crippen LogP contribution in [0.4, 0.5) is 18.9 Å². The highest BCUT2D eigenvalue weighted by Crippen LogP contribution is 2.28. The average Bonchev–Trinajstić information content (AvgIpc) is 2.94. The minimum absolute atomic E-state index is 0.0912. The van der Waals surface area contributed by atoms with Crippen molar-refractivity contribution in [2.45, 2.75) is 25.4 Å². The molecule has 0 saturated heterocycles. The number of amides is 1. The van der Waals surface area contributed by atoms with E-state index in [1.807, 2.05) is 12.1 Å². The molecule has 1 aliphatic carbocycles. The van der Waals surface area contributed by atoms with Crippen molar-refractivity contribution in [2.75, 3.05) is 5.32 Å². The van der Waals surface area contributed by atoms with E-state index in [2.05, 4.69) is 10.3 Å². The smallest absolute Gasteiger partial charge is 0.322 e. The molecule has 22 heavy (non-hydrogen) atoms. The minimum atomic E-state index is -4.50. The number of pyridine rings is 1. The van der Waals surface area contributed by atoms with Gasteiger partial charge in [-0.05, 0) is 54.7 Å². The lowest BCUT2D eigenvalue weighted by Gasteiger charge is -2.09. The van der Waals surface area contributed by atoms with E-state index in [-0.39, 0.29) is 5.56 Å². The van der Waals surface area contributed by atoms with E-state index < -0.39 is 17.8 Å². The zero-order chi connectivity index (χ0) is 15.7. The molecule has 0 atom stereocenters. The van der Waals surface area contributed by atoms with Crippen molar-refractivity contribution >= 4 is 11.6 Å². The Morgan fingerprint density at radius 2 is 1.86 bits per heavy atom. The number of rotatable bonds is 2. The van der Waals surface area contributed by atoms with Gasteiger partial charge in [0.15, 0.2) is 0 Å². The van der Waals surface area contributed by atoms with Crippen LogP contribution in [0.3, 0.4) is 0 Å². The van der Waals surface area contributed by atoms with E-state index in [4.69, 9.17) is 0 Å². The number of nitrogens with one attached hydrogen (secondary N) is 1. The summed E-state index contributed by atoms with van der Waals surface area (Å²) in [7, 11) is 0. The number of aromatic nitrogens is 1. The third-order valence-corrected chi connectivity index (χ3v) is 3.67. The SMILES string of the molecule is O=C(Nc1ccc2c(c1)CCC2)c1ccc(C(F)(F)F)nc1. The van der Waals surface area contributed by atoms with Crippen LogP contribution in [0.5, 0.6) is 0 Å². The standard InChI is InChI=1S/C16H13F3N2O/c17-16(18,19)14-7-5-12(9-20-14)15(22)21-13-6-4-10-2-1-3-11(10)8-13/h4-9H,1-3H2,(H,21,22). The molecule has 1 amide bonds. The second-order valence-corrected chi connectivity index (χ2v) is 5.22. The van der Waals surface area contributed by atoms with E-state index in [0.717, 1.165) is 37.6 Å². The lowest BCUT2D eigenvalue weighted by molar-refractivity contribution is -0.141. The van der Waals surface area contributed by atoms with Crippen LogP contribution in [0.2, 0.25) is 0 Å². The van der Waals surface area contributed by atoms with Crippen LogP contribution in [0.1, 0.15) is 33.6 Å². The van der Waals surface area contributed by atoms with Gasteiger partial charge in [0, 0.05) is 11.9 Å². The Bertz CT molecular complexity index is 708. The van der Waals surface area contributed by atoms with E-state index in [0.29, 0.717) is 5.69 Å². The van der Waals surface area contributed by atoms with Crippen LogP contribution < -0.4 is 5.32 Å². The molecule has 0 saturated carbocycles. The van der Waals surface area contributed by atoms with E-state index in [9.17, 15) is 18.0 Å². The summed E-state index contributed by atoms with van der Waals surface area (Å²) in [6.07, 6.45) is -0.427. The van der Waals surface area contributed by atoms with Crippen molar-refractivity contribution < 1.29 is 18.0 Å². The quantitative estimate of drug-likeness (QED) is 0.916. The first kappa shape index (κ1) is 14.6. The van der Waals surface area contributed by atoms with Crippen molar-refractivity contribution in [3.05, 3.63) is 58.9 Å². The molecule has 0 unspecified atom stereocenters. The third kappa shape index (κ3) is 2.95. The molecule has 6 heteroatoms. The largest absolute Gasteiger partial charge is 0.433 e. The number of carbonyl (C=O) groups is 1. The van der Waals surface area contributed by atoms with Crippen LogP contribution >= 0.6 is 0 Å². The third-order valence-electron chi connectivity index (χ3n) is 3.67. The summed E-state index contributed by atoms with van der Waals surface area (Å²) in [6, 6.07) is 7.62. The molecule has 3 rings (SSSR count). The lowest BCUT2D eigenvalue weighted by Crippen LogP contribution is -2.14. The van der Waals surface area contributed by atoms with Gasteiger partial charge in [-0.15, -0.1) is 0 Å². The van der Waals surface area contributed by atoms with Crippen molar-refractivity contribution in [1.29, 1.82) is 0 Å². The average molecular weight is 306 g/mol. The molecular weight excluding hydrogens is 293 g/mol. The van der Waals surface area contributed by atoms with Gasteiger partial charge in [0.25, 0.3) is 5.91 Å². The molecule has 0 aliphatic heterocycles. The molecule has 0 radical (unpaired) electrons. The molecule has 114 valence electrons. The Morgan fingerprint density at radius 3 is 2.55 bits per heavy atom. The number of carbonyl (C=O) groups excluding carboxylic acids is 1. The summed E-state index contributed by atoms with van der Waals surface area (Å²) >= 11 is 0. The molecule has 1 aliphatic rings. The van der Waals surface area contributed by atoms with E-state index in [1.54, 1.807) is 6.07 Å². The van der Waals surface area contributed by atoms with Crippen molar-refractivity contribution in [3.63, 3.8) is 0 Å². The molecule has 2 aromatic rings. The zero-order valence-electron chi connectivity index (χ0n) is 11.6. The van der Waals surface area contributed by atoms with E-state index >= 15 is 0 Å². The van der Waals surface area contributed by atoms with Gasteiger partial charge in [-0.2, -0.15) is 13.2 Å². The Kier molecular flexibility index (Phi) is 3.60. The number of hydrogen-bond donors (Lipinski definition) is 1. The Morgan fingerprint density at radius 1 is 1.09 bits per heavy atom. The van der Waals surface area contributed by atoms with Crippen molar-refractivity contribution in [1.82, 2.24) is 4.98 Å². The topological polar surface area (TPSA) is 42.0 Å². The molecule has 1 heterocycles. The summed E-state index contributed by atoms with van der Waals surface area (Å²) in [5.41, 5.74) is 2.22. The predicted octanol–water partition coefficient (Wildman–Crippen LogP) is 3.84. The van der Waals surface area contributed by atoms with Crippen molar-refractivity contribution in [2.24, 2.45) is 0 Å². The monoisotopic (exact) mass is 306 g/mol. The summed E-state index contributed by atoms with van der Waals surface area (Å²) in [4.78, 5) is 15.3. The van der Waals surface area contributed by atoms with Crippen LogP contribution in [-0.2, 0) is 19.0 Å². The minimum Gasteiger partial charge on any atom is -0.322 e. The molecule has 1 aromatic carbocycles. The Labute approximate surface area is 125 Å². The first-order chi connectivity index (χ1) is 10.4. The summed E-state index contributed by atoms with van der Waals surface area (Å²) in [5.74, 6) is -0.473. The van der Waals surface area contributed by atoms with Gasteiger partial charge in [0.2, 0.25) is 0 Å². The van der Waals surface area contributed by atoms with Gasteiger partial charge in [-0.25, -0.2) is 0 Å². The molecule has 1 N–H and O–H groups in total. The van der Waals surface area contributed by atoms with Gasteiger partial charge >= 0.3 is 6.18 Å². The van der Waals surface area contributed by atoms with Crippen LogP contribution in [-0.4, -0.2) is 10.9 Å². The number of hydrogen-bond acceptors (Lipinski definition) is 2. The Balaban J connectivity index is 1.74. The number of nitrogens with zero attached hydrogens (tertiary/aromatic N) is 1. The Hall–Kier alpha value is -2.37. The fourth-order valence-electron chi connectivity index (χ4n) is 2.55. The molecule has 0 spiro atoms. The maximum absolute atomic E-state index is 12.4. The van der Waals surface area contributed by atoms with Crippen molar-refractivity contribution in [3.8, 4) is 0 Å². The lowest BCUT2D eigenvalue weighted by atomic mass is 10.1. The maximum atomic E-state index is 12.4. The summed E-state index contributed by atoms with van der Waals surface area (Å²) in [6.45, 7) is 0. The second-order valence-electron chi connectivity index (χ2n) is 5.22. The van der Waals surface area contributed by atoms with Gasteiger partial charge < -0.3 is 5.32 Å². The fourth-order valence-corrected chi connectivity index (χ4v) is 2.55. The highest BCUT2D eigenvalue weighted by Gasteiger charge is 2.32. The summed E-state index contributed by atoms with van der Waals surface area (Å²) in [5, 5.41) is 2.69. The highest BCUT2D eigenvalue weighted by molar-refractivity contribution is 6.04. The summed E-state index contributed by atoms with van der Waals surface area (Å²) < 4.78 is 37.3. The molecule has 1 aromatic heterocycles. The number of aryl methyl sites for hydroxylation is 2. The van der Waals surface area contributed by atoms with Gasteiger partial charge in [0.05, 0.1) is 5.56 Å². The van der Waals surface area contributed by atoms with Crippen LogP contribution in [0, 0.1) is 0 Å². The highest BCUT2D eigenvalue weighted by atomic mass is 19.4. The van der Waals surface area contributed by atoms with Gasteiger partial charge in [-0.1, -0.05) is 6.07 Å². The zero-order valence-corrected chi connectivity index (χ0v) is 11.6. The van der Waals surface area contributed by atoms with Gasteiger partial charge in [-0.3, -0.25) is 9.78 Å². The predicted molar refractivity (Wildman–Crippen MR) is 75.7 cm³/mol. The van der Waals surface area contributed by atoms with Crippen LogP contribution in [0.25, 0.3) is 0 Å².